The zero-order chi connectivity index (χ0) is 21.3. The second-order valence-corrected chi connectivity index (χ2v) is 6.30. The number of primary amides is 1. The summed E-state index contributed by atoms with van der Waals surface area (Å²) in [6.07, 6.45) is -5.19. The van der Waals surface area contributed by atoms with Gasteiger partial charge >= 0.3 is 12.3 Å². The number of fused-ring (bicyclic) bond motifs is 1. The lowest BCUT2D eigenvalue weighted by molar-refractivity contribution is -0.274. The molecule has 0 aliphatic heterocycles. The summed E-state index contributed by atoms with van der Waals surface area (Å²) in [5.41, 5.74) is 12.5. The summed E-state index contributed by atoms with van der Waals surface area (Å²) in [4.78, 5) is 22.8. The van der Waals surface area contributed by atoms with Crippen molar-refractivity contribution in [2.24, 2.45) is 11.5 Å². The van der Waals surface area contributed by atoms with Gasteiger partial charge in [-0.1, -0.05) is 12.1 Å². The maximum atomic E-state index is 12.6. The Balaban J connectivity index is 2.16. The molecule has 0 aliphatic rings. The highest BCUT2D eigenvalue weighted by atomic mass is 19.4. The van der Waals surface area contributed by atoms with Crippen molar-refractivity contribution in [1.29, 1.82) is 0 Å². The first-order valence-corrected chi connectivity index (χ1v) is 8.34. The zero-order valence-electron chi connectivity index (χ0n) is 14.8. The summed E-state index contributed by atoms with van der Waals surface area (Å²) < 4.78 is 43.1. The molecule has 0 saturated heterocycles. The number of carboxylic acids is 1. The second-order valence-electron chi connectivity index (χ2n) is 6.30. The zero-order valence-corrected chi connectivity index (χ0v) is 14.8. The monoisotopic (exact) mass is 407 g/mol. The van der Waals surface area contributed by atoms with Gasteiger partial charge in [0.05, 0.1) is 11.9 Å². The van der Waals surface area contributed by atoms with Gasteiger partial charge < -0.3 is 25.9 Å². The lowest BCUT2D eigenvalue weighted by Crippen LogP contribution is -2.18. The number of ether oxygens (including phenoxy) is 1. The number of aromatic nitrogens is 1. The summed E-state index contributed by atoms with van der Waals surface area (Å²) in [7, 11) is 0. The molecule has 0 aliphatic carbocycles. The Bertz CT molecular complexity index is 1090. The minimum absolute atomic E-state index is 0.0353. The van der Waals surface area contributed by atoms with Crippen LogP contribution >= 0.6 is 0 Å². The van der Waals surface area contributed by atoms with Gasteiger partial charge in [-0.25, -0.2) is 0 Å². The van der Waals surface area contributed by atoms with Crippen LogP contribution in [0.5, 0.6) is 5.75 Å². The Morgan fingerprint density at radius 3 is 2.48 bits per heavy atom. The number of carboxylic acid groups (broad SMARTS) is 1. The number of rotatable bonds is 6. The number of hydrogen-bond donors (Lipinski definition) is 3. The number of nitrogens with two attached hydrogens (primary N) is 2. The lowest BCUT2D eigenvalue weighted by Gasteiger charge is -2.14. The van der Waals surface area contributed by atoms with Gasteiger partial charge in [0.15, 0.2) is 0 Å². The Hall–Kier alpha value is -3.53. The Labute approximate surface area is 162 Å². The quantitative estimate of drug-likeness (QED) is 0.580. The van der Waals surface area contributed by atoms with Gasteiger partial charge in [-0.05, 0) is 35.9 Å². The van der Waals surface area contributed by atoms with Crippen LogP contribution in [0.25, 0.3) is 16.6 Å². The summed E-state index contributed by atoms with van der Waals surface area (Å²) >= 11 is 0. The molecule has 0 fully saturated rings. The van der Waals surface area contributed by atoms with Gasteiger partial charge in [0, 0.05) is 23.2 Å². The minimum atomic E-state index is -4.87. The number of carbonyl (C=O) groups is 2. The van der Waals surface area contributed by atoms with Crippen LogP contribution in [0.15, 0.2) is 48.5 Å². The molecule has 0 radical (unpaired) electrons. The van der Waals surface area contributed by atoms with Crippen LogP contribution in [0.3, 0.4) is 0 Å². The molecule has 0 spiro atoms. The van der Waals surface area contributed by atoms with Crippen LogP contribution in [0.4, 0.5) is 13.2 Å². The number of nitrogens with zero attached hydrogens (tertiary/aromatic N) is 1. The standard InChI is InChI=1S/C19H16F3N3O4/c20-19(21,22)29-13-5-4-11-7-16(18(24)28)25(15(11)8-13)12-3-1-2-10(6-12)14(23)9-17(26)27/h1-8,14H,9,23H2,(H2,24,28)(H,26,27)/t14-/m1/s1. The molecule has 0 saturated carbocycles. The average Bonchev–Trinajstić information content (AvgIpc) is 2.99. The maximum absolute atomic E-state index is 12.6. The molecule has 1 amide bonds. The van der Waals surface area contributed by atoms with E-state index in [1.165, 1.54) is 16.7 Å². The number of carbonyl (C=O) groups excluding carboxylic acids is 1. The van der Waals surface area contributed by atoms with Crippen molar-refractivity contribution in [2.75, 3.05) is 0 Å². The van der Waals surface area contributed by atoms with Crippen LogP contribution in [0, 0.1) is 0 Å². The van der Waals surface area contributed by atoms with Crippen molar-refractivity contribution in [3.8, 4) is 11.4 Å². The van der Waals surface area contributed by atoms with E-state index >= 15 is 0 Å². The SMILES string of the molecule is NC(=O)c1cc2ccc(OC(F)(F)F)cc2n1-c1cccc([C@H](N)CC(=O)O)c1. The molecule has 0 bridgehead atoms. The van der Waals surface area contributed by atoms with Crippen molar-refractivity contribution in [3.05, 3.63) is 59.8 Å². The fourth-order valence-electron chi connectivity index (χ4n) is 3.04. The van der Waals surface area contributed by atoms with Crippen molar-refractivity contribution < 1.29 is 32.6 Å². The van der Waals surface area contributed by atoms with Crippen molar-refractivity contribution in [2.45, 2.75) is 18.8 Å². The lowest BCUT2D eigenvalue weighted by atomic mass is 10.0. The molecule has 1 aromatic heterocycles. The molecule has 29 heavy (non-hydrogen) atoms. The van der Waals surface area contributed by atoms with E-state index in [4.69, 9.17) is 16.6 Å². The Morgan fingerprint density at radius 1 is 1.14 bits per heavy atom. The van der Waals surface area contributed by atoms with Gasteiger partial charge in [-0.2, -0.15) is 0 Å². The number of aliphatic carboxylic acids is 1. The fraction of sp³-hybridized carbons (Fsp3) is 0.158. The third-order valence-corrected chi connectivity index (χ3v) is 4.21. The number of alkyl halides is 3. The summed E-state index contributed by atoms with van der Waals surface area (Å²) in [6, 6.07) is 10.6. The van der Waals surface area contributed by atoms with E-state index < -0.39 is 30.0 Å². The van der Waals surface area contributed by atoms with E-state index in [2.05, 4.69) is 4.74 Å². The van der Waals surface area contributed by atoms with Crippen molar-refractivity contribution in [3.63, 3.8) is 0 Å². The summed E-state index contributed by atoms with van der Waals surface area (Å²) in [5.74, 6) is -2.33. The van der Waals surface area contributed by atoms with Crippen LogP contribution < -0.4 is 16.2 Å². The van der Waals surface area contributed by atoms with Crippen LogP contribution in [0.2, 0.25) is 0 Å². The molecule has 10 heteroatoms. The third kappa shape index (κ3) is 4.49. The predicted molar refractivity (Wildman–Crippen MR) is 97.7 cm³/mol. The Morgan fingerprint density at radius 2 is 1.86 bits per heavy atom. The summed E-state index contributed by atoms with van der Waals surface area (Å²) in [5, 5.41) is 9.39. The predicted octanol–water partition coefficient (Wildman–Crippen LogP) is 3.10. The number of benzene rings is 2. The minimum Gasteiger partial charge on any atom is -0.481 e. The van der Waals surface area contributed by atoms with Gasteiger partial charge in [0.25, 0.3) is 5.91 Å². The molecule has 3 rings (SSSR count). The summed E-state index contributed by atoms with van der Waals surface area (Å²) in [6.45, 7) is 0. The van der Waals surface area contributed by atoms with E-state index in [1.807, 2.05) is 0 Å². The molecular formula is C19H16F3N3O4. The molecule has 5 N–H and O–H groups in total. The van der Waals surface area contributed by atoms with Gasteiger partial charge in [0.1, 0.15) is 11.4 Å². The van der Waals surface area contributed by atoms with Gasteiger partial charge in [0.2, 0.25) is 0 Å². The van der Waals surface area contributed by atoms with E-state index in [0.29, 0.717) is 16.6 Å². The normalized spacial score (nSPS) is 12.7. The first-order chi connectivity index (χ1) is 13.5. The highest BCUT2D eigenvalue weighted by Gasteiger charge is 2.31. The molecule has 3 aromatic rings. The largest absolute Gasteiger partial charge is 0.573 e. The Kier molecular flexibility index (Phi) is 5.21. The van der Waals surface area contributed by atoms with Crippen LogP contribution in [-0.4, -0.2) is 27.9 Å². The van der Waals surface area contributed by atoms with E-state index in [1.54, 1.807) is 24.3 Å². The molecule has 7 nitrogen and oxygen atoms in total. The number of halogens is 3. The molecule has 152 valence electrons. The molecule has 2 aromatic carbocycles. The van der Waals surface area contributed by atoms with Crippen molar-refractivity contribution in [1.82, 2.24) is 4.57 Å². The third-order valence-electron chi connectivity index (χ3n) is 4.21. The number of amides is 1. The topological polar surface area (TPSA) is 121 Å². The smallest absolute Gasteiger partial charge is 0.481 e. The molecular weight excluding hydrogens is 391 g/mol. The van der Waals surface area contributed by atoms with E-state index in [0.717, 1.165) is 12.1 Å². The average molecular weight is 407 g/mol. The highest BCUT2D eigenvalue weighted by Crippen LogP contribution is 2.31. The van der Waals surface area contributed by atoms with Gasteiger partial charge in [-0.15, -0.1) is 13.2 Å². The van der Waals surface area contributed by atoms with Crippen molar-refractivity contribution >= 4 is 22.8 Å². The first-order valence-electron chi connectivity index (χ1n) is 8.34. The van der Waals surface area contributed by atoms with Crippen LogP contribution in [0.1, 0.15) is 28.5 Å². The fourth-order valence-corrected chi connectivity index (χ4v) is 3.04. The molecule has 1 atom stereocenters. The van der Waals surface area contributed by atoms with E-state index in [9.17, 15) is 22.8 Å². The van der Waals surface area contributed by atoms with E-state index in [-0.39, 0.29) is 17.6 Å². The van der Waals surface area contributed by atoms with Gasteiger partial charge in [-0.3, -0.25) is 9.59 Å². The van der Waals surface area contributed by atoms with Crippen LogP contribution in [-0.2, 0) is 4.79 Å². The first kappa shape index (κ1) is 20.2. The second kappa shape index (κ2) is 7.47. The number of hydrogen-bond acceptors (Lipinski definition) is 4. The highest BCUT2D eigenvalue weighted by molar-refractivity contribution is 5.99. The maximum Gasteiger partial charge on any atom is 0.573 e. The molecule has 0 unspecified atom stereocenters. The molecule has 1 heterocycles.